The fourth-order valence-corrected chi connectivity index (χ4v) is 9.24. The summed E-state index contributed by atoms with van der Waals surface area (Å²) in [6, 6.07) is 43.9. The zero-order valence-corrected chi connectivity index (χ0v) is 19.5. The van der Waals surface area contributed by atoms with Crippen LogP contribution in [0, 0.1) is 5.92 Å². The molecule has 0 aliphatic rings. The summed E-state index contributed by atoms with van der Waals surface area (Å²) < 4.78 is 0. The maximum Gasteiger partial charge on any atom is -0.00417 e. The molecule has 0 radical (unpaired) electrons. The Morgan fingerprint density at radius 1 is 0.452 bits per heavy atom. The van der Waals surface area contributed by atoms with Gasteiger partial charge in [0.15, 0.2) is 0 Å². The van der Waals surface area contributed by atoms with Crippen molar-refractivity contribution < 1.29 is 0 Å². The van der Waals surface area contributed by atoms with Crippen LogP contribution in [0.3, 0.4) is 0 Å². The van der Waals surface area contributed by atoms with Gasteiger partial charge in [0.2, 0.25) is 0 Å². The van der Waals surface area contributed by atoms with Gasteiger partial charge in [0.25, 0.3) is 0 Å². The number of rotatable bonds is 9. The molecule has 0 unspecified atom stereocenters. The first-order chi connectivity index (χ1) is 15.3. The second-order valence-corrected chi connectivity index (χ2v) is 12.2. The van der Waals surface area contributed by atoms with E-state index in [0.717, 1.165) is 18.9 Å². The van der Waals surface area contributed by atoms with Crippen molar-refractivity contribution in [3.8, 4) is 0 Å². The third-order valence-electron chi connectivity index (χ3n) is 5.49. The van der Waals surface area contributed by atoms with E-state index in [1.165, 1.54) is 21.2 Å². The molecular weight excluding hydrogens is 412 g/mol. The molecule has 0 saturated heterocycles. The lowest BCUT2D eigenvalue weighted by Gasteiger charge is -2.28. The molecule has 0 aromatic heterocycles. The monoisotopic (exact) mass is 441 g/mol. The molecule has 3 heteroatoms. The summed E-state index contributed by atoms with van der Waals surface area (Å²) in [5.41, 5.74) is 6.40. The lowest BCUT2D eigenvalue weighted by molar-refractivity contribution is 0.682. The molecule has 1 nitrogen and oxygen atoms in total. The smallest absolute Gasteiger partial charge is 0.00417 e. The van der Waals surface area contributed by atoms with Crippen LogP contribution in [0.4, 0.5) is 0 Å². The molecule has 0 aliphatic heterocycles. The fraction of sp³-hybridized carbons (Fsp3) is 0.143. The van der Waals surface area contributed by atoms with Crippen molar-refractivity contribution in [2.75, 3.05) is 18.9 Å². The molecule has 4 aromatic rings. The van der Waals surface area contributed by atoms with Crippen molar-refractivity contribution in [3.05, 3.63) is 121 Å². The summed E-state index contributed by atoms with van der Waals surface area (Å²) >= 11 is 0. The molecule has 0 saturated carbocycles. The van der Waals surface area contributed by atoms with Crippen molar-refractivity contribution in [2.45, 2.75) is 0 Å². The minimum Gasteiger partial charge on any atom is -0.330 e. The van der Waals surface area contributed by atoms with Gasteiger partial charge in [-0.25, -0.2) is 0 Å². The molecule has 4 rings (SSSR count). The first-order valence-corrected chi connectivity index (χ1v) is 13.9. The van der Waals surface area contributed by atoms with Crippen LogP contribution in [0.1, 0.15) is 0 Å². The SMILES string of the molecule is NCC(CP(c1ccccc1)c1ccccc1)CP(c1ccccc1)c1ccccc1. The Morgan fingerprint density at radius 3 is 0.935 bits per heavy atom. The van der Waals surface area contributed by atoms with Gasteiger partial charge in [-0.1, -0.05) is 121 Å². The Bertz CT molecular complexity index is 860. The van der Waals surface area contributed by atoms with Crippen LogP contribution in [-0.2, 0) is 0 Å². The van der Waals surface area contributed by atoms with Crippen LogP contribution in [-0.4, -0.2) is 18.9 Å². The van der Waals surface area contributed by atoms with Crippen LogP contribution >= 0.6 is 15.8 Å². The Balaban J connectivity index is 1.63. The highest BCUT2D eigenvalue weighted by atomic mass is 31.1. The molecule has 156 valence electrons. The van der Waals surface area contributed by atoms with Crippen LogP contribution in [0.5, 0.6) is 0 Å². The normalized spacial score (nSPS) is 11.4. The minimum atomic E-state index is -0.434. The highest BCUT2D eigenvalue weighted by molar-refractivity contribution is 7.74. The number of hydrogen-bond donors (Lipinski definition) is 1. The van der Waals surface area contributed by atoms with E-state index in [1.54, 1.807) is 0 Å². The molecule has 0 spiro atoms. The third-order valence-corrected chi connectivity index (χ3v) is 10.9. The molecule has 0 fully saturated rings. The van der Waals surface area contributed by atoms with Gasteiger partial charge in [0, 0.05) is 0 Å². The summed E-state index contributed by atoms with van der Waals surface area (Å²) in [6.07, 6.45) is 2.25. The number of benzene rings is 4. The van der Waals surface area contributed by atoms with Crippen molar-refractivity contribution in [1.29, 1.82) is 0 Å². The van der Waals surface area contributed by atoms with Crippen molar-refractivity contribution in [1.82, 2.24) is 0 Å². The van der Waals surface area contributed by atoms with E-state index in [0.29, 0.717) is 5.92 Å². The lowest BCUT2D eigenvalue weighted by atomic mass is 10.2. The zero-order chi connectivity index (χ0) is 21.3. The largest absolute Gasteiger partial charge is 0.330 e. The van der Waals surface area contributed by atoms with E-state index >= 15 is 0 Å². The summed E-state index contributed by atoms with van der Waals surface area (Å²) in [6.45, 7) is 0.719. The van der Waals surface area contributed by atoms with Gasteiger partial charge < -0.3 is 5.73 Å². The summed E-state index contributed by atoms with van der Waals surface area (Å²) in [4.78, 5) is 0. The Labute approximate surface area is 188 Å². The standard InChI is InChI=1S/C28H29NP2/c29-21-24(22-30(25-13-5-1-6-14-25)26-15-7-2-8-16-26)23-31(27-17-9-3-10-18-27)28-19-11-4-12-20-28/h1-20,24H,21-23,29H2. The Morgan fingerprint density at radius 2 is 0.710 bits per heavy atom. The molecular formula is C28H29NP2. The molecule has 2 N–H and O–H groups in total. The van der Waals surface area contributed by atoms with E-state index in [1.807, 2.05) is 0 Å². The molecule has 0 aliphatic carbocycles. The molecule has 0 bridgehead atoms. The molecule has 4 aromatic carbocycles. The van der Waals surface area contributed by atoms with Crippen LogP contribution in [0.25, 0.3) is 0 Å². The topological polar surface area (TPSA) is 26.0 Å². The average molecular weight is 441 g/mol. The maximum atomic E-state index is 6.40. The Hall–Kier alpha value is -2.30. The van der Waals surface area contributed by atoms with E-state index in [4.69, 9.17) is 5.73 Å². The second kappa shape index (κ2) is 11.4. The fourth-order valence-electron chi connectivity index (χ4n) is 3.87. The van der Waals surface area contributed by atoms with Gasteiger partial charge in [-0.15, -0.1) is 0 Å². The third kappa shape index (κ3) is 5.90. The number of hydrogen-bond acceptors (Lipinski definition) is 1. The quantitative estimate of drug-likeness (QED) is 0.370. The predicted molar refractivity (Wildman–Crippen MR) is 140 cm³/mol. The van der Waals surface area contributed by atoms with Crippen LogP contribution in [0.2, 0.25) is 0 Å². The first kappa shape index (κ1) is 21.9. The van der Waals surface area contributed by atoms with Gasteiger partial charge in [0.05, 0.1) is 0 Å². The van der Waals surface area contributed by atoms with Gasteiger partial charge in [-0.3, -0.25) is 0 Å². The molecule has 0 heterocycles. The minimum absolute atomic E-state index is 0.434. The lowest BCUT2D eigenvalue weighted by Crippen LogP contribution is -2.28. The van der Waals surface area contributed by atoms with Crippen molar-refractivity contribution >= 4 is 37.1 Å². The van der Waals surface area contributed by atoms with E-state index in [2.05, 4.69) is 121 Å². The van der Waals surface area contributed by atoms with Gasteiger partial charge in [0.1, 0.15) is 0 Å². The van der Waals surface area contributed by atoms with E-state index in [-0.39, 0.29) is 0 Å². The maximum absolute atomic E-state index is 6.40. The second-order valence-electron chi connectivity index (χ2n) is 7.67. The van der Waals surface area contributed by atoms with E-state index in [9.17, 15) is 0 Å². The van der Waals surface area contributed by atoms with E-state index < -0.39 is 15.8 Å². The molecule has 0 atom stereocenters. The summed E-state index contributed by atoms with van der Waals surface area (Å²) in [5, 5.41) is 5.74. The number of nitrogens with two attached hydrogens (primary N) is 1. The van der Waals surface area contributed by atoms with Crippen LogP contribution in [0.15, 0.2) is 121 Å². The Kier molecular flexibility index (Phi) is 8.03. The van der Waals surface area contributed by atoms with Crippen molar-refractivity contribution in [2.24, 2.45) is 11.7 Å². The highest BCUT2D eigenvalue weighted by Crippen LogP contribution is 2.41. The van der Waals surface area contributed by atoms with Crippen LogP contribution < -0.4 is 27.0 Å². The highest BCUT2D eigenvalue weighted by Gasteiger charge is 2.23. The average Bonchev–Trinajstić information content (AvgIpc) is 2.86. The molecule has 0 amide bonds. The van der Waals surface area contributed by atoms with Gasteiger partial charge >= 0.3 is 0 Å². The molecule has 31 heavy (non-hydrogen) atoms. The summed E-state index contributed by atoms with van der Waals surface area (Å²) in [7, 11) is -0.868. The van der Waals surface area contributed by atoms with Gasteiger partial charge in [-0.05, 0) is 61.8 Å². The van der Waals surface area contributed by atoms with Crippen molar-refractivity contribution in [3.63, 3.8) is 0 Å². The predicted octanol–water partition coefficient (Wildman–Crippen LogP) is 4.83. The zero-order valence-electron chi connectivity index (χ0n) is 17.7. The summed E-state index contributed by atoms with van der Waals surface area (Å²) in [5.74, 6) is 0.470. The first-order valence-electron chi connectivity index (χ1n) is 10.8. The van der Waals surface area contributed by atoms with Gasteiger partial charge in [-0.2, -0.15) is 0 Å².